The minimum Gasteiger partial charge on any atom is -0.383 e. The van der Waals surface area contributed by atoms with Crippen LogP contribution in [0.15, 0.2) is 33.8 Å². The molecule has 1 atom stereocenters. The molecule has 0 amide bonds. The van der Waals surface area contributed by atoms with Crippen LogP contribution in [0.4, 0.5) is 0 Å². The fourth-order valence-corrected chi connectivity index (χ4v) is 4.17. The number of ether oxygens (including phenoxy) is 2. The molecule has 1 fully saturated rings. The van der Waals surface area contributed by atoms with E-state index >= 15 is 0 Å². The van der Waals surface area contributed by atoms with E-state index in [4.69, 9.17) is 25.6 Å². The monoisotopic (exact) mass is 429 g/mol. The van der Waals surface area contributed by atoms with Gasteiger partial charge in [0.2, 0.25) is 5.82 Å². The molecule has 5 rings (SSSR count). The molecule has 3 heterocycles. The number of hydrogen-bond acceptors (Lipinski definition) is 7. The molecule has 1 aliphatic carbocycles. The average molecular weight is 430 g/mol. The second-order valence-electron chi connectivity index (χ2n) is 7.52. The van der Waals surface area contributed by atoms with Crippen molar-refractivity contribution in [2.45, 2.75) is 31.4 Å². The van der Waals surface area contributed by atoms with Crippen molar-refractivity contribution in [2.75, 3.05) is 20.8 Å². The van der Waals surface area contributed by atoms with Crippen LogP contribution in [0.2, 0.25) is 5.02 Å². The first-order valence-electron chi connectivity index (χ1n) is 9.59. The molecule has 4 aromatic rings. The molecule has 1 aromatic carbocycles. The summed E-state index contributed by atoms with van der Waals surface area (Å²) < 4.78 is 19.6. The number of rotatable bonds is 6. The van der Waals surface area contributed by atoms with Crippen LogP contribution in [-0.2, 0) is 15.1 Å². The molecule has 3 aromatic heterocycles. The number of methoxy groups -OCH3 is 2. The van der Waals surface area contributed by atoms with Gasteiger partial charge in [0.05, 0.1) is 28.7 Å². The van der Waals surface area contributed by atoms with Gasteiger partial charge in [-0.3, -0.25) is 13.8 Å². The summed E-state index contributed by atoms with van der Waals surface area (Å²) in [5, 5.41) is 4.55. The molecule has 1 saturated carbocycles. The van der Waals surface area contributed by atoms with E-state index in [2.05, 4.69) is 15.1 Å². The lowest BCUT2D eigenvalue weighted by atomic mass is 10.2. The zero-order valence-electron chi connectivity index (χ0n) is 16.8. The van der Waals surface area contributed by atoms with Gasteiger partial charge >= 0.3 is 0 Å². The van der Waals surface area contributed by atoms with Crippen molar-refractivity contribution in [1.82, 2.24) is 24.1 Å². The van der Waals surface area contributed by atoms with E-state index in [-0.39, 0.29) is 17.4 Å². The molecule has 1 unspecified atom stereocenters. The van der Waals surface area contributed by atoms with Crippen LogP contribution in [-0.4, -0.2) is 44.9 Å². The molecule has 1 aliphatic rings. The summed E-state index contributed by atoms with van der Waals surface area (Å²) in [7, 11) is 3.22. The second kappa shape index (κ2) is 6.90. The van der Waals surface area contributed by atoms with Crippen molar-refractivity contribution in [3.05, 3.63) is 45.8 Å². The maximum atomic E-state index is 13.6. The van der Waals surface area contributed by atoms with E-state index in [0.717, 1.165) is 18.4 Å². The lowest BCUT2D eigenvalue weighted by molar-refractivity contribution is 0.0492. The Labute approximate surface area is 176 Å². The highest BCUT2D eigenvalue weighted by Crippen LogP contribution is 2.48. The van der Waals surface area contributed by atoms with Gasteiger partial charge in [-0.1, -0.05) is 22.8 Å². The Morgan fingerprint density at radius 2 is 2.10 bits per heavy atom. The van der Waals surface area contributed by atoms with Crippen LogP contribution in [0, 0.1) is 0 Å². The van der Waals surface area contributed by atoms with Gasteiger partial charge in [-0.05, 0) is 31.9 Å². The molecule has 0 N–H and O–H groups in total. The third-order valence-electron chi connectivity index (χ3n) is 5.63. The van der Waals surface area contributed by atoms with Crippen LogP contribution in [0.3, 0.4) is 0 Å². The highest BCUT2D eigenvalue weighted by molar-refractivity contribution is 6.35. The number of aromatic nitrogens is 5. The van der Waals surface area contributed by atoms with E-state index in [1.165, 1.54) is 0 Å². The minimum atomic E-state index is -0.520. The van der Waals surface area contributed by atoms with Gasteiger partial charge in [0.1, 0.15) is 23.1 Å². The fourth-order valence-electron chi connectivity index (χ4n) is 3.91. The molecule has 0 spiro atoms. The highest BCUT2D eigenvalue weighted by Gasteiger charge is 2.50. The Morgan fingerprint density at radius 3 is 2.80 bits per heavy atom. The molecular weight excluding hydrogens is 410 g/mol. The van der Waals surface area contributed by atoms with E-state index in [9.17, 15) is 4.79 Å². The largest absolute Gasteiger partial charge is 0.383 e. The van der Waals surface area contributed by atoms with Crippen molar-refractivity contribution in [3.63, 3.8) is 0 Å². The Morgan fingerprint density at radius 1 is 1.30 bits per heavy atom. The van der Waals surface area contributed by atoms with Crippen molar-refractivity contribution >= 4 is 28.2 Å². The van der Waals surface area contributed by atoms with Crippen molar-refractivity contribution < 1.29 is 14.0 Å². The third kappa shape index (κ3) is 2.69. The number of imidazole rings is 1. The van der Waals surface area contributed by atoms with Crippen LogP contribution < -0.4 is 5.56 Å². The number of hydrogen-bond donors (Lipinski definition) is 0. The van der Waals surface area contributed by atoms with Crippen molar-refractivity contribution in [2.24, 2.45) is 0 Å². The summed E-state index contributed by atoms with van der Waals surface area (Å²) in [5.74, 6) is 0.651. The maximum absolute atomic E-state index is 13.6. The van der Waals surface area contributed by atoms with Crippen LogP contribution in [0.5, 0.6) is 0 Å². The molecule has 0 saturated heterocycles. The zero-order valence-corrected chi connectivity index (χ0v) is 17.5. The third-order valence-corrected chi connectivity index (χ3v) is 5.93. The van der Waals surface area contributed by atoms with E-state index in [1.807, 2.05) is 19.1 Å². The molecule has 0 radical (unpaired) electrons. The van der Waals surface area contributed by atoms with Crippen LogP contribution in [0.1, 0.15) is 31.7 Å². The van der Waals surface area contributed by atoms with Gasteiger partial charge in [-0.25, -0.2) is 4.98 Å². The maximum Gasteiger partial charge on any atom is 0.278 e. The number of fused-ring (bicyclic) bond motifs is 3. The summed E-state index contributed by atoms with van der Waals surface area (Å²) in [6, 6.07) is 5.23. The Kier molecular flexibility index (Phi) is 4.42. The van der Waals surface area contributed by atoms with Crippen LogP contribution in [0.25, 0.3) is 28.1 Å². The smallest absolute Gasteiger partial charge is 0.278 e. The predicted octanol–water partition coefficient (Wildman–Crippen LogP) is 3.20. The summed E-state index contributed by atoms with van der Waals surface area (Å²) in [6.07, 6.45) is 3.22. The van der Waals surface area contributed by atoms with E-state index in [1.54, 1.807) is 35.6 Å². The molecule has 0 aliphatic heterocycles. The predicted molar refractivity (Wildman–Crippen MR) is 110 cm³/mol. The first-order valence-corrected chi connectivity index (χ1v) is 9.97. The van der Waals surface area contributed by atoms with Crippen molar-refractivity contribution in [1.29, 1.82) is 0 Å². The van der Waals surface area contributed by atoms with Crippen LogP contribution >= 0.6 is 11.6 Å². The molecule has 156 valence electrons. The minimum absolute atomic E-state index is 0.248. The number of nitrogens with zero attached hydrogens (tertiary/aromatic N) is 5. The summed E-state index contributed by atoms with van der Waals surface area (Å²) in [6.45, 7) is 2.25. The normalized spacial score (nSPS) is 16.4. The summed E-state index contributed by atoms with van der Waals surface area (Å²) >= 11 is 6.49. The first-order chi connectivity index (χ1) is 14.5. The Balaban J connectivity index is 1.79. The molecule has 0 bridgehead atoms. The SMILES string of the molecule is COCC(C)n1c(=O)c2c(-c3noc(C4(OC)CC4)n3)ncn2c2cccc(Cl)c21. The topological polar surface area (TPSA) is 96.7 Å². The van der Waals surface area contributed by atoms with E-state index < -0.39 is 5.60 Å². The van der Waals surface area contributed by atoms with Crippen molar-refractivity contribution in [3.8, 4) is 11.5 Å². The second-order valence-corrected chi connectivity index (χ2v) is 7.93. The molecule has 9 nitrogen and oxygen atoms in total. The van der Waals surface area contributed by atoms with Gasteiger partial charge in [0, 0.05) is 14.2 Å². The first kappa shape index (κ1) is 19.2. The highest BCUT2D eigenvalue weighted by atomic mass is 35.5. The van der Waals surface area contributed by atoms with E-state index in [0.29, 0.717) is 34.2 Å². The Bertz CT molecular complexity index is 1320. The summed E-state index contributed by atoms with van der Waals surface area (Å²) in [5.41, 5.74) is 1.29. The van der Waals surface area contributed by atoms with Gasteiger partial charge < -0.3 is 14.0 Å². The lowest BCUT2D eigenvalue weighted by Gasteiger charge is -2.19. The number of benzene rings is 1. The number of para-hydroxylation sites is 1. The molecule has 10 heteroatoms. The Hall–Kier alpha value is -2.75. The zero-order chi connectivity index (χ0) is 21.0. The standard InChI is InChI=1S/C20H20ClN5O4/c1-11(9-28-2)26-15-12(21)5-4-6-13(15)25-10-22-14(16(25)18(26)27)17-23-19(30-24-17)20(29-3)7-8-20/h4-6,10-11H,7-9H2,1-3H3. The van der Waals surface area contributed by atoms with Gasteiger partial charge in [0.15, 0.2) is 0 Å². The fraction of sp³-hybridized carbons (Fsp3) is 0.400. The quantitative estimate of drug-likeness (QED) is 0.464. The van der Waals surface area contributed by atoms with Gasteiger partial charge in [-0.2, -0.15) is 4.98 Å². The summed E-state index contributed by atoms with van der Waals surface area (Å²) in [4.78, 5) is 22.5. The lowest BCUT2D eigenvalue weighted by Crippen LogP contribution is -2.28. The van der Waals surface area contributed by atoms with Gasteiger partial charge in [0.25, 0.3) is 11.4 Å². The molecular formula is C20H20ClN5O4. The molecule has 30 heavy (non-hydrogen) atoms. The average Bonchev–Trinajstić information content (AvgIpc) is 3.16. The van der Waals surface area contributed by atoms with Gasteiger partial charge in [-0.15, -0.1) is 0 Å². The number of halogens is 1.